The van der Waals surface area contributed by atoms with Gasteiger partial charge in [-0.25, -0.2) is 0 Å². The van der Waals surface area contributed by atoms with Crippen molar-refractivity contribution < 1.29 is 9.53 Å². The Morgan fingerprint density at radius 2 is 1.92 bits per heavy atom. The molecular weight excluding hydrogens is 314 g/mol. The van der Waals surface area contributed by atoms with Crippen LogP contribution in [0.2, 0.25) is 0 Å². The molecule has 1 aromatic carbocycles. The highest BCUT2D eigenvalue weighted by atomic mass is 16.5. The first-order valence-electron chi connectivity index (χ1n) is 8.83. The quantitative estimate of drug-likeness (QED) is 0.915. The summed E-state index contributed by atoms with van der Waals surface area (Å²) in [7, 11) is 2.15. The van der Waals surface area contributed by atoms with E-state index in [1.54, 1.807) is 24.5 Å². The topological polar surface area (TPSA) is 54.5 Å². The molecule has 1 unspecified atom stereocenters. The third-order valence-corrected chi connectivity index (χ3v) is 5.34. The Balaban J connectivity index is 1.60. The van der Waals surface area contributed by atoms with Gasteiger partial charge in [-0.2, -0.15) is 0 Å². The van der Waals surface area contributed by atoms with Crippen molar-refractivity contribution >= 4 is 5.91 Å². The number of para-hydroxylation sites is 1. The number of piperidine rings is 1. The zero-order chi connectivity index (χ0) is 17.3. The zero-order valence-electron chi connectivity index (χ0n) is 14.4. The Kier molecular flexibility index (Phi) is 4.17. The van der Waals surface area contributed by atoms with Crippen molar-refractivity contribution in [3.05, 3.63) is 59.9 Å². The van der Waals surface area contributed by atoms with E-state index in [2.05, 4.69) is 28.3 Å². The molecule has 5 nitrogen and oxygen atoms in total. The largest absolute Gasteiger partial charge is 0.487 e. The van der Waals surface area contributed by atoms with Gasteiger partial charge >= 0.3 is 0 Å². The van der Waals surface area contributed by atoms with Crippen molar-refractivity contribution in [1.29, 1.82) is 0 Å². The molecule has 2 aliphatic rings. The van der Waals surface area contributed by atoms with Gasteiger partial charge < -0.3 is 15.0 Å². The third kappa shape index (κ3) is 3.24. The van der Waals surface area contributed by atoms with Crippen molar-refractivity contribution in [1.82, 2.24) is 15.2 Å². The van der Waals surface area contributed by atoms with Crippen molar-refractivity contribution in [3.8, 4) is 5.75 Å². The van der Waals surface area contributed by atoms with Crippen molar-refractivity contribution in [3.63, 3.8) is 0 Å². The van der Waals surface area contributed by atoms with Crippen molar-refractivity contribution in [2.75, 3.05) is 20.1 Å². The van der Waals surface area contributed by atoms with Crippen LogP contribution in [-0.4, -0.2) is 41.5 Å². The fourth-order valence-corrected chi connectivity index (χ4v) is 3.82. The van der Waals surface area contributed by atoms with E-state index in [1.165, 1.54) is 0 Å². The molecule has 1 fully saturated rings. The number of likely N-dealkylation sites (tertiary alicyclic amines) is 1. The highest BCUT2D eigenvalue weighted by molar-refractivity contribution is 5.94. The van der Waals surface area contributed by atoms with E-state index in [0.717, 1.165) is 43.7 Å². The summed E-state index contributed by atoms with van der Waals surface area (Å²) >= 11 is 0. The lowest BCUT2D eigenvalue weighted by Crippen LogP contribution is -2.51. The van der Waals surface area contributed by atoms with Gasteiger partial charge in [0.25, 0.3) is 5.91 Å². The minimum atomic E-state index is -0.183. The third-order valence-electron chi connectivity index (χ3n) is 5.34. The Labute approximate surface area is 148 Å². The molecular formula is C20H23N3O2. The van der Waals surface area contributed by atoms with Gasteiger partial charge in [0.1, 0.15) is 11.4 Å². The first-order valence-corrected chi connectivity index (χ1v) is 8.83. The molecule has 4 rings (SSSR count). The molecule has 3 heterocycles. The lowest BCUT2D eigenvalue weighted by atomic mass is 9.80. The van der Waals surface area contributed by atoms with Gasteiger partial charge in [0.05, 0.1) is 6.04 Å². The number of fused-ring (bicyclic) bond motifs is 1. The maximum absolute atomic E-state index is 12.7. The normalized spacial score (nSPS) is 22.0. The van der Waals surface area contributed by atoms with Crippen LogP contribution < -0.4 is 10.1 Å². The van der Waals surface area contributed by atoms with Gasteiger partial charge in [-0.3, -0.25) is 9.78 Å². The summed E-state index contributed by atoms with van der Waals surface area (Å²) in [6.07, 6.45) is 6.07. The lowest BCUT2D eigenvalue weighted by Gasteiger charge is -2.46. The molecule has 1 aromatic heterocycles. The summed E-state index contributed by atoms with van der Waals surface area (Å²) in [4.78, 5) is 19.0. The fraction of sp³-hybridized carbons (Fsp3) is 0.400. The summed E-state index contributed by atoms with van der Waals surface area (Å²) < 4.78 is 6.44. The highest BCUT2D eigenvalue weighted by Gasteiger charge is 2.43. The Bertz CT molecular complexity index is 755. The highest BCUT2D eigenvalue weighted by Crippen LogP contribution is 2.44. The first-order chi connectivity index (χ1) is 12.2. The molecule has 2 aromatic rings. The minimum absolute atomic E-state index is 0.0333. The van der Waals surface area contributed by atoms with Gasteiger partial charge in [0.15, 0.2) is 0 Å². The van der Waals surface area contributed by atoms with Crippen LogP contribution >= 0.6 is 0 Å². The molecule has 25 heavy (non-hydrogen) atoms. The summed E-state index contributed by atoms with van der Waals surface area (Å²) in [6.45, 7) is 2.04. The van der Waals surface area contributed by atoms with Gasteiger partial charge in [-0.15, -0.1) is 0 Å². The minimum Gasteiger partial charge on any atom is -0.487 e. The number of ether oxygens (including phenoxy) is 1. The monoisotopic (exact) mass is 337 g/mol. The van der Waals surface area contributed by atoms with Crippen LogP contribution in [0, 0.1) is 0 Å². The Hall–Kier alpha value is -2.40. The van der Waals surface area contributed by atoms with Crippen molar-refractivity contribution in [2.24, 2.45) is 0 Å². The van der Waals surface area contributed by atoms with Crippen LogP contribution in [0.15, 0.2) is 48.8 Å². The second-order valence-electron chi connectivity index (χ2n) is 7.09. The molecule has 1 atom stereocenters. The van der Waals surface area contributed by atoms with Gasteiger partial charge in [-0.05, 0) is 38.1 Å². The van der Waals surface area contributed by atoms with Crippen LogP contribution in [0.3, 0.4) is 0 Å². The van der Waals surface area contributed by atoms with Crippen LogP contribution in [0.1, 0.15) is 41.2 Å². The van der Waals surface area contributed by atoms with E-state index in [0.29, 0.717) is 5.56 Å². The number of amides is 1. The number of carbonyl (C=O) groups excluding carboxylic acids is 1. The van der Waals surface area contributed by atoms with Crippen molar-refractivity contribution in [2.45, 2.75) is 30.9 Å². The van der Waals surface area contributed by atoms with E-state index in [4.69, 9.17) is 4.74 Å². The molecule has 1 amide bonds. The molecule has 2 aliphatic heterocycles. The number of pyridine rings is 1. The average molecular weight is 337 g/mol. The number of rotatable bonds is 2. The van der Waals surface area contributed by atoms with E-state index in [9.17, 15) is 4.79 Å². The molecule has 1 saturated heterocycles. The molecule has 5 heteroatoms. The smallest absolute Gasteiger partial charge is 0.251 e. The van der Waals surface area contributed by atoms with Crippen LogP contribution in [-0.2, 0) is 0 Å². The Morgan fingerprint density at radius 3 is 2.68 bits per heavy atom. The maximum atomic E-state index is 12.7. The molecule has 0 bridgehead atoms. The van der Waals surface area contributed by atoms with Gasteiger partial charge in [0, 0.05) is 43.0 Å². The molecule has 1 N–H and O–H groups in total. The summed E-state index contributed by atoms with van der Waals surface area (Å²) in [5.41, 5.74) is 1.52. The van der Waals surface area contributed by atoms with Crippen LogP contribution in [0.25, 0.3) is 0 Å². The van der Waals surface area contributed by atoms with Crippen LogP contribution in [0.4, 0.5) is 0 Å². The average Bonchev–Trinajstić information content (AvgIpc) is 2.65. The number of aromatic nitrogens is 1. The molecule has 1 spiro atoms. The molecule has 0 saturated carbocycles. The number of nitrogens with one attached hydrogen (secondary N) is 1. The van der Waals surface area contributed by atoms with E-state index >= 15 is 0 Å². The lowest BCUT2D eigenvalue weighted by molar-refractivity contribution is -0.0195. The van der Waals surface area contributed by atoms with E-state index in [1.807, 2.05) is 18.2 Å². The van der Waals surface area contributed by atoms with Gasteiger partial charge in [-0.1, -0.05) is 18.2 Å². The maximum Gasteiger partial charge on any atom is 0.251 e. The predicted molar refractivity (Wildman–Crippen MR) is 95.6 cm³/mol. The Morgan fingerprint density at radius 1 is 1.20 bits per heavy atom. The first kappa shape index (κ1) is 16.1. The van der Waals surface area contributed by atoms with E-state index < -0.39 is 0 Å². The summed E-state index contributed by atoms with van der Waals surface area (Å²) in [6, 6.07) is 11.5. The molecule has 0 radical (unpaired) electrons. The number of benzene rings is 1. The number of hydrogen-bond donors (Lipinski definition) is 1. The van der Waals surface area contributed by atoms with Crippen LogP contribution in [0.5, 0.6) is 5.75 Å². The summed E-state index contributed by atoms with van der Waals surface area (Å²) in [5, 5.41) is 3.21. The standard InChI is InChI=1S/C20H23N3O2/c1-23-12-8-20(9-13-23)14-17(16-4-2-3-5-18(16)25-20)22-19(24)15-6-10-21-11-7-15/h2-7,10-11,17H,8-9,12-14H2,1H3,(H,22,24). The number of nitrogens with zero attached hydrogens (tertiary/aromatic N) is 2. The second-order valence-corrected chi connectivity index (χ2v) is 7.09. The number of carbonyl (C=O) groups is 1. The fourth-order valence-electron chi connectivity index (χ4n) is 3.82. The summed E-state index contributed by atoms with van der Waals surface area (Å²) in [5.74, 6) is 0.838. The second kappa shape index (κ2) is 6.48. The predicted octanol–water partition coefficient (Wildman–Crippen LogP) is 2.80. The molecule has 130 valence electrons. The van der Waals surface area contributed by atoms with Gasteiger partial charge in [0.2, 0.25) is 0 Å². The molecule has 0 aliphatic carbocycles. The SMILES string of the molecule is CN1CCC2(CC1)CC(NC(=O)c1ccncc1)c1ccccc1O2. The van der Waals surface area contributed by atoms with E-state index in [-0.39, 0.29) is 17.6 Å². The number of hydrogen-bond acceptors (Lipinski definition) is 4. The zero-order valence-corrected chi connectivity index (χ0v) is 14.4.